The van der Waals surface area contributed by atoms with E-state index in [4.69, 9.17) is 4.74 Å². The molecule has 0 aliphatic carbocycles. The summed E-state index contributed by atoms with van der Waals surface area (Å²) in [5.74, 6) is 2.27. The number of halogens is 1. The zero-order chi connectivity index (χ0) is 13.8. The number of methoxy groups -OCH3 is 1. The Morgan fingerprint density at radius 2 is 2.21 bits per heavy atom. The van der Waals surface area contributed by atoms with E-state index in [0.717, 1.165) is 29.1 Å². The van der Waals surface area contributed by atoms with Crippen molar-refractivity contribution >= 4 is 15.9 Å². The third kappa shape index (κ3) is 3.73. The van der Waals surface area contributed by atoms with Crippen molar-refractivity contribution in [3.63, 3.8) is 0 Å². The lowest BCUT2D eigenvalue weighted by atomic mass is 9.87. The van der Waals surface area contributed by atoms with Crippen molar-refractivity contribution in [1.82, 2.24) is 5.32 Å². The number of piperidine rings is 1. The highest BCUT2D eigenvalue weighted by molar-refractivity contribution is 9.10. The molecule has 0 spiro atoms. The fraction of sp³-hybridized carbons (Fsp3) is 0.625. The summed E-state index contributed by atoms with van der Waals surface area (Å²) in [5.41, 5.74) is 2.81. The lowest BCUT2D eigenvalue weighted by Gasteiger charge is -2.25. The van der Waals surface area contributed by atoms with Crippen LogP contribution in [0.3, 0.4) is 0 Å². The average Bonchev–Trinajstić information content (AvgIpc) is 2.38. The summed E-state index contributed by atoms with van der Waals surface area (Å²) in [6, 6.07) is 4.35. The quantitative estimate of drug-likeness (QED) is 0.898. The zero-order valence-corrected chi connectivity index (χ0v) is 13.7. The molecule has 1 saturated heterocycles. The van der Waals surface area contributed by atoms with Crippen LogP contribution in [0.2, 0.25) is 0 Å². The fourth-order valence-corrected chi connectivity index (χ4v) is 3.53. The highest BCUT2D eigenvalue weighted by atomic mass is 79.9. The topological polar surface area (TPSA) is 21.3 Å². The van der Waals surface area contributed by atoms with Gasteiger partial charge in [-0.05, 0) is 67.4 Å². The van der Waals surface area contributed by atoms with Gasteiger partial charge in [-0.1, -0.05) is 29.8 Å². The molecule has 1 N–H and O–H groups in total. The number of hydrogen-bond donors (Lipinski definition) is 1. The lowest BCUT2D eigenvalue weighted by Crippen LogP contribution is -2.31. The lowest BCUT2D eigenvalue weighted by molar-refractivity contribution is 0.372. The molecule has 3 heteroatoms. The Morgan fingerprint density at radius 1 is 1.42 bits per heavy atom. The van der Waals surface area contributed by atoms with Crippen molar-refractivity contribution in [2.24, 2.45) is 5.92 Å². The monoisotopic (exact) mass is 325 g/mol. The van der Waals surface area contributed by atoms with Crippen molar-refractivity contribution < 1.29 is 4.74 Å². The fourth-order valence-electron chi connectivity index (χ4n) is 3.05. The van der Waals surface area contributed by atoms with Gasteiger partial charge >= 0.3 is 0 Å². The number of ether oxygens (including phenoxy) is 1. The highest BCUT2D eigenvalue weighted by Gasteiger charge is 2.19. The van der Waals surface area contributed by atoms with E-state index in [1.807, 2.05) is 0 Å². The summed E-state index contributed by atoms with van der Waals surface area (Å²) >= 11 is 3.61. The first-order chi connectivity index (χ1) is 9.11. The van der Waals surface area contributed by atoms with Gasteiger partial charge in [-0.2, -0.15) is 0 Å². The van der Waals surface area contributed by atoms with E-state index in [9.17, 15) is 0 Å². The van der Waals surface area contributed by atoms with Crippen LogP contribution in [0.5, 0.6) is 5.75 Å². The van der Waals surface area contributed by atoms with Gasteiger partial charge in [-0.3, -0.25) is 0 Å². The Bertz CT molecular complexity index is 425. The minimum absolute atomic E-state index is 0.495. The molecule has 1 unspecified atom stereocenters. The molecule has 2 nitrogen and oxygen atoms in total. The second kappa shape index (κ2) is 6.76. The van der Waals surface area contributed by atoms with Crippen LogP contribution >= 0.6 is 15.9 Å². The molecule has 19 heavy (non-hydrogen) atoms. The first-order valence-corrected chi connectivity index (χ1v) is 7.98. The Balaban J connectivity index is 2.28. The van der Waals surface area contributed by atoms with E-state index in [1.54, 1.807) is 7.11 Å². The van der Waals surface area contributed by atoms with E-state index < -0.39 is 0 Å². The molecule has 2 rings (SSSR count). The Kier molecular flexibility index (Phi) is 5.28. The zero-order valence-electron chi connectivity index (χ0n) is 12.1. The minimum atomic E-state index is 0.495. The van der Waals surface area contributed by atoms with E-state index in [1.165, 1.54) is 30.5 Å². The normalized spacial score (nSPS) is 19.7. The molecule has 0 bridgehead atoms. The number of benzene rings is 1. The van der Waals surface area contributed by atoms with Gasteiger partial charge in [0.1, 0.15) is 5.75 Å². The second-order valence-electron chi connectivity index (χ2n) is 5.75. The van der Waals surface area contributed by atoms with Crippen molar-refractivity contribution in [3.05, 3.63) is 27.7 Å². The van der Waals surface area contributed by atoms with Gasteiger partial charge in [0.25, 0.3) is 0 Å². The molecule has 0 radical (unpaired) electrons. The number of rotatable bonds is 4. The highest BCUT2D eigenvalue weighted by Crippen LogP contribution is 2.35. The van der Waals surface area contributed by atoms with Crippen LogP contribution in [0.15, 0.2) is 16.6 Å². The summed E-state index contributed by atoms with van der Waals surface area (Å²) in [7, 11) is 1.76. The number of hydrogen-bond acceptors (Lipinski definition) is 2. The minimum Gasteiger partial charge on any atom is -0.496 e. The third-order valence-corrected chi connectivity index (χ3v) is 4.36. The smallest absolute Gasteiger partial charge is 0.123 e. The van der Waals surface area contributed by atoms with Crippen molar-refractivity contribution in [2.45, 2.75) is 39.0 Å². The molecule has 1 fully saturated rings. The van der Waals surface area contributed by atoms with Crippen LogP contribution in [0.1, 0.15) is 43.7 Å². The molecule has 106 valence electrons. The first-order valence-electron chi connectivity index (χ1n) is 7.18. The Morgan fingerprint density at radius 3 is 2.79 bits per heavy atom. The Labute approximate surface area is 125 Å². The van der Waals surface area contributed by atoms with Gasteiger partial charge in [-0.15, -0.1) is 0 Å². The molecule has 1 aromatic rings. The van der Waals surface area contributed by atoms with Crippen LogP contribution in [0.25, 0.3) is 0 Å². The van der Waals surface area contributed by atoms with E-state index in [2.05, 4.69) is 47.2 Å². The summed E-state index contributed by atoms with van der Waals surface area (Å²) in [6.45, 7) is 6.81. The molecule has 1 atom stereocenters. The average molecular weight is 326 g/mol. The summed E-state index contributed by atoms with van der Waals surface area (Å²) in [5, 5.41) is 3.50. The molecule has 0 amide bonds. The summed E-state index contributed by atoms with van der Waals surface area (Å²) in [6.07, 6.45) is 3.78. The summed E-state index contributed by atoms with van der Waals surface area (Å²) in [4.78, 5) is 0. The van der Waals surface area contributed by atoms with Gasteiger partial charge < -0.3 is 10.1 Å². The molecular weight excluding hydrogens is 302 g/mol. The second-order valence-corrected chi connectivity index (χ2v) is 6.67. The third-order valence-electron chi connectivity index (χ3n) is 3.90. The maximum atomic E-state index is 5.57. The van der Waals surface area contributed by atoms with Crippen LogP contribution in [0.4, 0.5) is 0 Å². The molecule has 1 heterocycles. The molecular formula is C16H24BrNO. The Hall–Kier alpha value is -0.540. The largest absolute Gasteiger partial charge is 0.496 e. The molecule has 1 aromatic carbocycles. The van der Waals surface area contributed by atoms with Crippen molar-refractivity contribution in [1.29, 1.82) is 0 Å². The van der Waals surface area contributed by atoms with Crippen LogP contribution in [-0.2, 0) is 6.42 Å². The predicted molar refractivity (Wildman–Crippen MR) is 84.1 cm³/mol. The molecule has 0 saturated carbocycles. The van der Waals surface area contributed by atoms with Gasteiger partial charge in [0.2, 0.25) is 0 Å². The maximum Gasteiger partial charge on any atom is 0.123 e. The first kappa shape index (κ1) is 14.9. The van der Waals surface area contributed by atoms with Gasteiger partial charge in [0.05, 0.1) is 7.11 Å². The van der Waals surface area contributed by atoms with Crippen LogP contribution in [0, 0.1) is 5.92 Å². The van der Waals surface area contributed by atoms with Crippen LogP contribution in [-0.4, -0.2) is 20.2 Å². The van der Waals surface area contributed by atoms with Gasteiger partial charge in [0.15, 0.2) is 0 Å². The maximum absolute atomic E-state index is 5.57. The predicted octanol–water partition coefficient (Wildman–Crippen LogP) is 4.12. The molecule has 1 aliphatic rings. The molecule has 1 aliphatic heterocycles. The number of nitrogens with one attached hydrogen (secondary N) is 1. The van der Waals surface area contributed by atoms with E-state index in [0.29, 0.717) is 5.92 Å². The van der Waals surface area contributed by atoms with E-state index in [-0.39, 0.29) is 0 Å². The van der Waals surface area contributed by atoms with E-state index >= 15 is 0 Å². The van der Waals surface area contributed by atoms with Gasteiger partial charge in [0, 0.05) is 4.47 Å². The van der Waals surface area contributed by atoms with Crippen molar-refractivity contribution in [2.75, 3.05) is 20.2 Å². The van der Waals surface area contributed by atoms with Gasteiger partial charge in [-0.25, -0.2) is 0 Å². The van der Waals surface area contributed by atoms with Crippen LogP contribution < -0.4 is 10.1 Å². The molecule has 0 aromatic heterocycles. The summed E-state index contributed by atoms with van der Waals surface area (Å²) < 4.78 is 6.69. The van der Waals surface area contributed by atoms with Crippen molar-refractivity contribution in [3.8, 4) is 5.75 Å². The SMILES string of the molecule is COc1cc(Br)cc(CC2CCCNC2)c1C(C)C. The standard InChI is InChI=1S/C16H24BrNO/c1-11(2)16-13(7-12-5-4-6-18-10-12)8-14(17)9-15(16)19-3/h8-9,11-12,18H,4-7,10H2,1-3H3.